The van der Waals surface area contributed by atoms with E-state index in [2.05, 4.69) is 44.1 Å². The number of rotatable bonds is 9. The first-order valence-corrected chi connectivity index (χ1v) is 11.5. The van der Waals surface area contributed by atoms with E-state index in [-0.39, 0.29) is 0 Å². The molecule has 4 rings (SSSR count). The molecule has 0 spiro atoms. The summed E-state index contributed by atoms with van der Waals surface area (Å²) in [4.78, 5) is 5.23. The molecular weight excluding hydrogens is 346 g/mol. The van der Waals surface area contributed by atoms with Crippen LogP contribution in [0.1, 0.15) is 51.4 Å². The van der Waals surface area contributed by atoms with Gasteiger partial charge in [0.05, 0.1) is 5.52 Å². The minimum atomic E-state index is 1.01. The minimum Gasteiger partial charge on any atom is -0.368 e. The maximum atomic E-state index is 4.93. The zero-order valence-corrected chi connectivity index (χ0v) is 17.4. The van der Waals surface area contributed by atoms with Crippen molar-refractivity contribution in [3.8, 4) is 0 Å². The molecule has 154 valence electrons. The van der Waals surface area contributed by atoms with Gasteiger partial charge in [0.15, 0.2) is 5.82 Å². The highest BCUT2D eigenvalue weighted by atomic mass is 15.3. The summed E-state index contributed by atoms with van der Waals surface area (Å²) < 4.78 is 2.21. The summed E-state index contributed by atoms with van der Waals surface area (Å²) >= 11 is 0. The number of para-hydroxylation sites is 1. The third-order valence-electron chi connectivity index (χ3n) is 6.34. The Morgan fingerprint density at radius 1 is 0.750 bits per heavy atom. The standard InChI is InChI=1S/C23H37N5/c1-5-14-26(15-6-1)18-9-13-24-23-21-11-3-4-12-22(21)28(25-23)20-10-19-27-16-7-2-8-17-27/h3-4,11-12H,1-2,5-10,13-20H2,(H,24,25). The number of piperidine rings is 2. The van der Waals surface area contributed by atoms with Gasteiger partial charge < -0.3 is 15.1 Å². The van der Waals surface area contributed by atoms with Crippen LogP contribution in [0.25, 0.3) is 10.9 Å². The number of hydrogen-bond acceptors (Lipinski definition) is 4. The first kappa shape index (κ1) is 19.7. The van der Waals surface area contributed by atoms with Crippen LogP contribution < -0.4 is 5.32 Å². The van der Waals surface area contributed by atoms with Crippen LogP contribution in [0.15, 0.2) is 24.3 Å². The lowest BCUT2D eigenvalue weighted by Gasteiger charge is -2.26. The zero-order valence-electron chi connectivity index (χ0n) is 17.4. The van der Waals surface area contributed by atoms with Gasteiger partial charge in [-0.15, -0.1) is 0 Å². The molecule has 2 saturated heterocycles. The normalized spacial score (nSPS) is 19.3. The number of nitrogens with zero attached hydrogens (tertiary/aromatic N) is 4. The lowest BCUT2D eigenvalue weighted by molar-refractivity contribution is 0.222. The molecule has 0 saturated carbocycles. The first-order chi connectivity index (χ1) is 13.9. The van der Waals surface area contributed by atoms with E-state index in [4.69, 9.17) is 5.10 Å². The highest BCUT2D eigenvalue weighted by Gasteiger charge is 2.13. The second-order valence-electron chi connectivity index (χ2n) is 8.53. The number of aryl methyl sites for hydroxylation is 1. The first-order valence-electron chi connectivity index (χ1n) is 11.5. The van der Waals surface area contributed by atoms with Crippen molar-refractivity contribution < 1.29 is 0 Å². The summed E-state index contributed by atoms with van der Waals surface area (Å²) in [6.07, 6.45) is 10.7. The molecule has 0 aliphatic carbocycles. The molecule has 1 N–H and O–H groups in total. The molecule has 2 aromatic rings. The molecule has 5 nitrogen and oxygen atoms in total. The number of hydrogen-bond donors (Lipinski definition) is 1. The Morgan fingerprint density at radius 3 is 2.11 bits per heavy atom. The summed E-state index contributed by atoms with van der Waals surface area (Å²) in [6.45, 7) is 9.56. The fourth-order valence-electron chi connectivity index (χ4n) is 4.75. The summed E-state index contributed by atoms with van der Waals surface area (Å²) in [5.41, 5.74) is 1.26. The average Bonchev–Trinajstić information content (AvgIpc) is 3.11. The van der Waals surface area contributed by atoms with Crippen LogP contribution >= 0.6 is 0 Å². The molecular formula is C23H37N5. The Morgan fingerprint density at radius 2 is 1.39 bits per heavy atom. The molecule has 28 heavy (non-hydrogen) atoms. The van der Waals surface area contributed by atoms with E-state index in [1.165, 1.54) is 102 Å². The van der Waals surface area contributed by atoms with Crippen LogP contribution in [0, 0.1) is 0 Å². The van der Waals surface area contributed by atoms with Gasteiger partial charge >= 0.3 is 0 Å². The largest absolute Gasteiger partial charge is 0.368 e. The predicted octanol–water partition coefficient (Wildman–Crippen LogP) is 4.20. The van der Waals surface area contributed by atoms with Gasteiger partial charge in [0.25, 0.3) is 0 Å². The van der Waals surface area contributed by atoms with E-state index >= 15 is 0 Å². The predicted molar refractivity (Wildman–Crippen MR) is 118 cm³/mol. The number of benzene rings is 1. The quantitative estimate of drug-likeness (QED) is 0.659. The van der Waals surface area contributed by atoms with Crippen molar-refractivity contribution in [3.63, 3.8) is 0 Å². The topological polar surface area (TPSA) is 36.3 Å². The van der Waals surface area contributed by atoms with E-state index in [1.807, 2.05) is 0 Å². The van der Waals surface area contributed by atoms with Crippen molar-refractivity contribution in [3.05, 3.63) is 24.3 Å². The van der Waals surface area contributed by atoms with Gasteiger partial charge in [-0.1, -0.05) is 25.0 Å². The highest BCUT2D eigenvalue weighted by molar-refractivity contribution is 5.90. The Kier molecular flexibility index (Phi) is 7.23. The molecule has 2 aliphatic rings. The van der Waals surface area contributed by atoms with Crippen LogP contribution in [0.2, 0.25) is 0 Å². The van der Waals surface area contributed by atoms with Gasteiger partial charge in [-0.3, -0.25) is 4.68 Å². The van der Waals surface area contributed by atoms with E-state index in [0.29, 0.717) is 0 Å². The molecule has 0 bridgehead atoms. The number of likely N-dealkylation sites (tertiary alicyclic amines) is 2. The van der Waals surface area contributed by atoms with Crippen molar-refractivity contribution in [1.82, 2.24) is 19.6 Å². The third-order valence-corrected chi connectivity index (χ3v) is 6.34. The fourth-order valence-corrected chi connectivity index (χ4v) is 4.75. The van der Waals surface area contributed by atoms with E-state index in [0.717, 1.165) is 18.9 Å². The number of fused-ring (bicyclic) bond motifs is 1. The summed E-state index contributed by atoms with van der Waals surface area (Å²) in [5.74, 6) is 1.06. The molecule has 3 heterocycles. The molecule has 0 atom stereocenters. The molecule has 0 radical (unpaired) electrons. The molecule has 2 fully saturated rings. The second kappa shape index (κ2) is 10.3. The van der Waals surface area contributed by atoms with Crippen molar-refractivity contribution in [1.29, 1.82) is 0 Å². The number of anilines is 1. The molecule has 1 aromatic carbocycles. The van der Waals surface area contributed by atoms with Gasteiger partial charge in [-0.05, 0) is 89.9 Å². The summed E-state index contributed by atoms with van der Waals surface area (Å²) in [7, 11) is 0. The van der Waals surface area contributed by atoms with Crippen LogP contribution in [-0.4, -0.2) is 65.4 Å². The Labute approximate surface area is 170 Å². The molecule has 5 heteroatoms. The van der Waals surface area contributed by atoms with E-state index < -0.39 is 0 Å². The highest BCUT2D eigenvalue weighted by Crippen LogP contribution is 2.23. The van der Waals surface area contributed by atoms with Gasteiger partial charge in [0.1, 0.15) is 0 Å². The van der Waals surface area contributed by atoms with Gasteiger partial charge in [0, 0.05) is 18.5 Å². The molecule has 1 aromatic heterocycles. The molecule has 0 amide bonds. The Hall–Kier alpha value is -1.59. The van der Waals surface area contributed by atoms with Crippen LogP contribution in [0.3, 0.4) is 0 Å². The van der Waals surface area contributed by atoms with Gasteiger partial charge in [-0.25, -0.2) is 0 Å². The van der Waals surface area contributed by atoms with Crippen LogP contribution in [0.5, 0.6) is 0 Å². The van der Waals surface area contributed by atoms with Crippen LogP contribution in [-0.2, 0) is 6.54 Å². The molecule has 0 unspecified atom stereocenters. The maximum Gasteiger partial charge on any atom is 0.155 e. The lowest BCUT2D eigenvalue weighted by atomic mass is 10.1. The number of aromatic nitrogens is 2. The van der Waals surface area contributed by atoms with Crippen molar-refractivity contribution in [2.45, 2.75) is 57.9 Å². The van der Waals surface area contributed by atoms with Gasteiger partial charge in [-0.2, -0.15) is 5.10 Å². The third kappa shape index (κ3) is 5.26. The smallest absolute Gasteiger partial charge is 0.155 e. The Balaban J connectivity index is 1.29. The summed E-state index contributed by atoms with van der Waals surface area (Å²) in [6, 6.07) is 8.67. The monoisotopic (exact) mass is 383 g/mol. The second-order valence-corrected chi connectivity index (χ2v) is 8.53. The molecule has 2 aliphatic heterocycles. The Bertz CT molecular complexity index is 713. The van der Waals surface area contributed by atoms with Crippen LogP contribution in [0.4, 0.5) is 5.82 Å². The lowest BCUT2D eigenvalue weighted by Crippen LogP contribution is -2.31. The average molecular weight is 384 g/mol. The van der Waals surface area contributed by atoms with E-state index in [1.54, 1.807) is 0 Å². The maximum absolute atomic E-state index is 4.93. The SMILES string of the molecule is c1ccc2c(c1)c(NCCCN1CCCCC1)nn2CCCN1CCCCC1. The number of nitrogens with one attached hydrogen (secondary N) is 1. The fraction of sp³-hybridized carbons (Fsp3) is 0.696. The van der Waals surface area contributed by atoms with Crippen molar-refractivity contribution in [2.75, 3.05) is 51.1 Å². The van der Waals surface area contributed by atoms with Gasteiger partial charge in [0.2, 0.25) is 0 Å². The van der Waals surface area contributed by atoms with Crippen molar-refractivity contribution >= 4 is 16.7 Å². The zero-order chi connectivity index (χ0) is 19.0. The minimum absolute atomic E-state index is 1.01. The van der Waals surface area contributed by atoms with Crippen molar-refractivity contribution in [2.24, 2.45) is 0 Å². The van der Waals surface area contributed by atoms with E-state index in [9.17, 15) is 0 Å². The summed E-state index contributed by atoms with van der Waals surface area (Å²) in [5, 5.41) is 9.81.